The number of hydrogen-bond acceptors (Lipinski definition) is 2. The molecular formula is C21H25N3O. The first-order valence-electron chi connectivity index (χ1n) is 8.95. The number of nitrogens with zero attached hydrogens (tertiary/aromatic N) is 2. The van der Waals surface area contributed by atoms with Gasteiger partial charge in [-0.25, -0.2) is 4.98 Å². The van der Waals surface area contributed by atoms with E-state index in [0.717, 1.165) is 37.0 Å². The molecule has 0 radical (unpaired) electrons. The van der Waals surface area contributed by atoms with E-state index < -0.39 is 0 Å². The molecule has 0 atom stereocenters. The van der Waals surface area contributed by atoms with Crippen molar-refractivity contribution in [2.45, 2.75) is 39.0 Å². The summed E-state index contributed by atoms with van der Waals surface area (Å²) >= 11 is 0. The van der Waals surface area contributed by atoms with Gasteiger partial charge in [-0.1, -0.05) is 35.9 Å². The summed E-state index contributed by atoms with van der Waals surface area (Å²) in [7, 11) is 0. The first-order valence-corrected chi connectivity index (χ1v) is 8.95. The fraction of sp³-hybridized carbons (Fsp3) is 0.333. The van der Waals surface area contributed by atoms with Crippen molar-refractivity contribution >= 4 is 11.4 Å². The van der Waals surface area contributed by atoms with Crippen LogP contribution in [-0.2, 0) is 17.6 Å². The number of pyridine rings is 1. The number of carbonyl (C=O) groups excluding carboxylic acids is 1. The van der Waals surface area contributed by atoms with Gasteiger partial charge in [0.05, 0.1) is 11.7 Å². The summed E-state index contributed by atoms with van der Waals surface area (Å²) in [6.07, 6.45) is 8.10. The van der Waals surface area contributed by atoms with Crippen molar-refractivity contribution < 1.29 is 4.79 Å². The minimum absolute atomic E-state index is 0.139. The van der Waals surface area contributed by atoms with E-state index in [1.165, 1.54) is 11.1 Å². The smallest absolute Gasteiger partial charge is 0.220 e. The standard InChI is InChI=1S/C21H25N3O/c1-17-10-12-18(13-11-17)6-4-9-21(25)22-14-5-8-20-23-16-19-7-2-3-15-24(19)20/h2-3,7,10-13,15-16H,4-6,8-9,14H2,1H3,(H,22,25). The third-order valence-corrected chi connectivity index (χ3v) is 4.40. The van der Waals surface area contributed by atoms with Crippen molar-refractivity contribution in [1.82, 2.24) is 14.7 Å². The van der Waals surface area contributed by atoms with E-state index in [1.807, 2.05) is 30.6 Å². The number of hydrogen-bond donors (Lipinski definition) is 1. The minimum atomic E-state index is 0.139. The Bertz CT molecular complexity index is 821. The van der Waals surface area contributed by atoms with Crippen LogP contribution < -0.4 is 5.32 Å². The average Bonchev–Trinajstić information content (AvgIpc) is 3.04. The number of imidazole rings is 1. The Hall–Kier alpha value is -2.62. The molecule has 0 spiro atoms. The number of benzene rings is 1. The maximum Gasteiger partial charge on any atom is 0.220 e. The molecule has 1 N–H and O–H groups in total. The third kappa shape index (κ3) is 4.92. The second-order valence-electron chi connectivity index (χ2n) is 6.46. The van der Waals surface area contributed by atoms with E-state index in [9.17, 15) is 4.79 Å². The van der Waals surface area contributed by atoms with Crippen LogP contribution in [0.15, 0.2) is 54.9 Å². The molecule has 1 amide bonds. The second kappa shape index (κ2) is 8.47. The normalized spacial score (nSPS) is 10.9. The van der Waals surface area contributed by atoms with Gasteiger partial charge >= 0.3 is 0 Å². The van der Waals surface area contributed by atoms with Crippen LogP contribution in [0, 0.1) is 6.92 Å². The molecule has 0 saturated carbocycles. The fourth-order valence-corrected chi connectivity index (χ4v) is 2.95. The summed E-state index contributed by atoms with van der Waals surface area (Å²) in [6.45, 7) is 2.79. The van der Waals surface area contributed by atoms with Crippen molar-refractivity contribution in [3.63, 3.8) is 0 Å². The number of nitrogens with one attached hydrogen (secondary N) is 1. The first-order chi connectivity index (χ1) is 12.2. The molecule has 4 nitrogen and oxygen atoms in total. The van der Waals surface area contributed by atoms with E-state index in [4.69, 9.17) is 0 Å². The molecule has 130 valence electrons. The maximum absolute atomic E-state index is 11.9. The highest BCUT2D eigenvalue weighted by molar-refractivity contribution is 5.75. The van der Waals surface area contributed by atoms with E-state index in [1.54, 1.807) is 0 Å². The molecule has 2 heterocycles. The lowest BCUT2D eigenvalue weighted by molar-refractivity contribution is -0.121. The summed E-state index contributed by atoms with van der Waals surface area (Å²) in [5.41, 5.74) is 3.67. The Kier molecular flexibility index (Phi) is 5.83. The lowest BCUT2D eigenvalue weighted by Crippen LogP contribution is -2.24. The molecule has 2 aromatic heterocycles. The van der Waals surface area contributed by atoms with Crippen molar-refractivity contribution in [3.05, 3.63) is 71.8 Å². The zero-order chi connectivity index (χ0) is 17.5. The first kappa shape index (κ1) is 17.2. The van der Waals surface area contributed by atoms with Crippen LogP contribution in [0.4, 0.5) is 0 Å². The molecule has 1 aromatic carbocycles. The van der Waals surface area contributed by atoms with Gasteiger partial charge in [-0.3, -0.25) is 4.79 Å². The number of carbonyl (C=O) groups is 1. The molecule has 0 aliphatic rings. The predicted molar refractivity (Wildman–Crippen MR) is 101 cm³/mol. The lowest BCUT2D eigenvalue weighted by Gasteiger charge is -2.06. The number of amides is 1. The van der Waals surface area contributed by atoms with Gasteiger partial charge < -0.3 is 9.72 Å². The van der Waals surface area contributed by atoms with Crippen LogP contribution in [-0.4, -0.2) is 21.8 Å². The Labute approximate surface area is 148 Å². The maximum atomic E-state index is 11.9. The second-order valence-corrected chi connectivity index (χ2v) is 6.46. The average molecular weight is 335 g/mol. The monoisotopic (exact) mass is 335 g/mol. The van der Waals surface area contributed by atoms with Crippen molar-refractivity contribution in [2.24, 2.45) is 0 Å². The van der Waals surface area contributed by atoms with E-state index in [0.29, 0.717) is 13.0 Å². The summed E-state index contributed by atoms with van der Waals surface area (Å²) < 4.78 is 2.10. The van der Waals surface area contributed by atoms with Crippen LogP contribution in [0.5, 0.6) is 0 Å². The molecule has 4 heteroatoms. The van der Waals surface area contributed by atoms with E-state index in [2.05, 4.69) is 45.9 Å². The molecule has 3 aromatic rings. The number of aryl methyl sites for hydroxylation is 3. The number of fused-ring (bicyclic) bond motifs is 1. The predicted octanol–water partition coefficient (Wildman–Crippen LogP) is 3.71. The lowest BCUT2D eigenvalue weighted by atomic mass is 10.1. The zero-order valence-electron chi connectivity index (χ0n) is 14.7. The van der Waals surface area contributed by atoms with Crippen LogP contribution >= 0.6 is 0 Å². The van der Waals surface area contributed by atoms with Crippen molar-refractivity contribution in [1.29, 1.82) is 0 Å². The summed E-state index contributed by atoms with van der Waals surface area (Å²) in [4.78, 5) is 16.4. The molecule has 0 aliphatic carbocycles. The summed E-state index contributed by atoms with van der Waals surface area (Å²) in [5, 5.41) is 3.01. The topological polar surface area (TPSA) is 46.4 Å². The number of aromatic nitrogens is 2. The molecule has 0 fully saturated rings. The number of rotatable bonds is 8. The molecule has 25 heavy (non-hydrogen) atoms. The zero-order valence-corrected chi connectivity index (χ0v) is 14.7. The molecule has 0 saturated heterocycles. The van der Waals surface area contributed by atoms with E-state index >= 15 is 0 Å². The Morgan fingerprint density at radius 1 is 1.08 bits per heavy atom. The molecule has 0 unspecified atom stereocenters. The van der Waals surface area contributed by atoms with Crippen LogP contribution in [0.1, 0.15) is 36.2 Å². The SMILES string of the molecule is Cc1ccc(CCCC(=O)NCCCc2ncc3ccccn23)cc1. The molecular weight excluding hydrogens is 310 g/mol. The van der Waals surface area contributed by atoms with Crippen molar-refractivity contribution in [2.75, 3.05) is 6.54 Å². The highest BCUT2D eigenvalue weighted by Gasteiger charge is 2.04. The van der Waals surface area contributed by atoms with E-state index in [-0.39, 0.29) is 5.91 Å². The van der Waals surface area contributed by atoms with Gasteiger partial charge in [-0.2, -0.15) is 0 Å². The fourth-order valence-electron chi connectivity index (χ4n) is 2.95. The van der Waals surface area contributed by atoms with Gasteiger partial charge in [0.1, 0.15) is 5.82 Å². The van der Waals surface area contributed by atoms with Gasteiger partial charge in [0, 0.05) is 25.6 Å². The van der Waals surface area contributed by atoms with Crippen LogP contribution in [0.25, 0.3) is 5.52 Å². The Morgan fingerprint density at radius 3 is 2.76 bits per heavy atom. The quantitative estimate of drug-likeness (QED) is 0.638. The Morgan fingerprint density at radius 2 is 1.92 bits per heavy atom. The molecule has 0 bridgehead atoms. The van der Waals surface area contributed by atoms with Gasteiger partial charge in [-0.15, -0.1) is 0 Å². The summed E-state index contributed by atoms with van der Waals surface area (Å²) in [6, 6.07) is 14.6. The Balaban J connectivity index is 1.33. The van der Waals surface area contributed by atoms with Gasteiger partial charge in [-0.05, 0) is 43.9 Å². The minimum Gasteiger partial charge on any atom is -0.356 e. The largest absolute Gasteiger partial charge is 0.356 e. The van der Waals surface area contributed by atoms with Crippen LogP contribution in [0.3, 0.4) is 0 Å². The van der Waals surface area contributed by atoms with Crippen LogP contribution in [0.2, 0.25) is 0 Å². The highest BCUT2D eigenvalue weighted by atomic mass is 16.1. The van der Waals surface area contributed by atoms with Gasteiger partial charge in [0.2, 0.25) is 5.91 Å². The molecule has 3 rings (SSSR count). The highest BCUT2D eigenvalue weighted by Crippen LogP contribution is 2.08. The third-order valence-electron chi connectivity index (χ3n) is 4.40. The molecule has 0 aliphatic heterocycles. The van der Waals surface area contributed by atoms with Gasteiger partial charge in [0.15, 0.2) is 0 Å². The van der Waals surface area contributed by atoms with Gasteiger partial charge in [0.25, 0.3) is 0 Å². The van der Waals surface area contributed by atoms with Crippen molar-refractivity contribution in [3.8, 4) is 0 Å². The summed E-state index contributed by atoms with van der Waals surface area (Å²) in [5.74, 6) is 1.18.